The van der Waals surface area contributed by atoms with E-state index in [1.807, 2.05) is 0 Å². The lowest BCUT2D eigenvalue weighted by Crippen LogP contribution is -2.39. The highest BCUT2D eigenvalue weighted by Gasteiger charge is 2.33. The number of methoxy groups -OCH3 is 2. The van der Waals surface area contributed by atoms with Gasteiger partial charge < -0.3 is 14.8 Å². The quantitative estimate of drug-likeness (QED) is 0.564. The highest BCUT2D eigenvalue weighted by atomic mass is 32.2. The Morgan fingerprint density at radius 2 is 1.90 bits per heavy atom. The Bertz CT molecular complexity index is 960. The van der Waals surface area contributed by atoms with Gasteiger partial charge in [0, 0.05) is 7.11 Å². The molecule has 12 heteroatoms. The monoisotopic (exact) mass is 442 g/mol. The van der Waals surface area contributed by atoms with Gasteiger partial charge in [0.1, 0.15) is 28.4 Å². The molecule has 29 heavy (non-hydrogen) atoms. The van der Waals surface area contributed by atoms with Crippen molar-refractivity contribution in [2.24, 2.45) is 0 Å². The number of hydrogen-bond acceptors (Lipinski definition) is 9. The predicted octanol–water partition coefficient (Wildman–Crippen LogP) is 1.46. The summed E-state index contributed by atoms with van der Waals surface area (Å²) in [4.78, 5) is 24.7. The number of hydrogen-bond donors (Lipinski definition) is 2. The van der Waals surface area contributed by atoms with Gasteiger partial charge in [0.15, 0.2) is 9.84 Å². The lowest BCUT2D eigenvalue weighted by atomic mass is 10.3. The topological polar surface area (TPSA) is 137 Å². The van der Waals surface area contributed by atoms with Crippen LogP contribution in [0.2, 0.25) is 0 Å². The van der Waals surface area contributed by atoms with Crippen LogP contribution in [0.15, 0.2) is 24.3 Å². The van der Waals surface area contributed by atoms with E-state index in [1.165, 1.54) is 14.2 Å². The summed E-state index contributed by atoms with van der Waals surface area (Å²) in [5, 5.41) is 11.8. The van der Waals surface area contributed by atoms with Crippen molar-refractivity contribution < 1.29 is 27.5 Å². The van der Waals surface area contributed by atoms with Crippen LogP contribution >= 0.6 is 11.3 Å². The number of anilines is 2. The van der Waals surface area contributed by atoms with Crippen molar-refractivity contribution in [3.63, 3.8) is 0 Å². The number of sulfone groups is 1. The van der Waals surface area contributed by atoms with Crippen LogP contribution in [-0.2, 0) is 30.8 Å². The molecule has 0 fully saturated rings. The molecular formula is C17H22N4O6S2. The molecule has 2 aromatic rings. The SMILES string of the molecule is CCC(C(=O)Nc1nnc(COC)s1)S(=O)(=O)CC(=O)Nc1ccccc1OC. The molecule has 2 rings (SSSR count). The lowest BCUT2D eigenvalue weighted by Gasteiger charge is -2.15. The van der Waals surface area contributed by atoms with E-state index < -0.39 is 32.7 Å². The van der Waals surface area contributed by atoms with Gasteiger partial charge in [-0.05, 0) is 18.6 Å². The normalized spacial score (nSPS) is 12.2. The molecule has 0 spiro atoms. The zero-order chi connectivity index (χ0) is 21.4. The van der Waals surface area contributed by atoms with Crippen molar-refractivity contribution in [3.8, 4) is 5.75 Å². The molecule has 2 amide bonds. The molecule has 0 saturated heterocycles. The molecule has 0 bridgehead atoms. The molecule has 1 atom stereocenters. The van der Waals surface area contributed by atoms with Gasteiger partial charge in [-0.15, -0.1) is 10.2 Å². The Hall–Kier alpha value is -2.57. The number of nitrogens with one attached hydrogen (secondary N) is 2. The minimum atomic E-state index is -4.07. The van der Waals surface area contributed by atoms with Crippen molar-refractivity contribution in [1.82, 2.24) is 10.2 Å². The zero-order valence-corrected chi connectivity index (χ0v) is 17.8. The van der Waals surface area contributed by atoms with Crippen LogP contribution in [0.1, 0.15) is 18.4 Å². The van der Waals surface area contributed by atoms with E-state index in [0.717, 1.165) is 11.3 Å². The molecule has 1 aromatic carbocycles. The third kappa shape index (κ3) is 6.21. The van der Waals surface area contributed by atoms with Crippen LogP contribution in [-0.4, -0.2) is 55.7 Å². The first-order valence-corrected chi connectivity index (χ1v) is 11.1. The fourth-order valence-electron chi connectivity index (χ4n) is 2.49. The molecular weight excluding hydrogens is 420 g/mol. The molecule has 1 heterocycles. The van der Waals surface area contributed by atoms with E-state index in [1.54, 1.807) is 31.2 Å². The van der Waals surface area contributed by atoms with Gasteiger partial charge in [-0.2, -0.15) is 0 Å². The van der Waals surface area contributed by atoms with Crippen LogP contribution in [0.5, 0.6) is 5.75 Å². The smallest absolute Gasteiger partial charge is 0.244 e. The minimum absolute atomic E-state index is 0.000162. The average Bonchev–Trinajstić information content (AvgIpc) is 3.09. The first kappa shape index (κ1) is 22.7. The minimum Gasteiger partial charge on any atom is -0.495 e. The van der Waals surface area contributed by atoms with E-state index in [4.69, 9.17) is 9.47 Å². The second-order valence-corrected chi connectivity index (χ2v) is 9.12. The fraction of sp³-hybridized carbons (Fsp3) is 0.412. The summed E-state index contributed by atoms with van der Waals surface area (Å²) in [6.45, 7) is 1.78. The molecule has 0 radical (unpaired) electrons. The Morgan fingerprint density at radius 3 is 2.55 bits per heavy atom. The van der Waals surface area contributed by atoms with Crippen molar-refractivity contribution in [3.05, 3.63) is 29.3 Å². The van der Waals surface area contributed by atoms with Crippen molar-refractivity contribution >= 4 is 43.8 Å². The number of para-hydroxylation sites is 2. The third-order valence-electron chi connectivity index (χ3n) is 3.77. The highest BCUT2D eigenvalue weighted by molar-refractivity contribution is 7.93. The summed E-state index contributed by atoms with van der Waals surface area (Å²) >= 11 is 1.08. The largest absolute Gasteiger partial charge is 0.495 e. The van der Waals surface area contributed by atoms with Gasteiger partial charge in [-0.3, -0.25) is 14.9 Å². The summed E-state index contributed by atoms with van der Waals surface area (Å²) in [5.41, 5.74) is 0.340. The molecule has 10 nitrogen and oxygen atoms in total. The summed E-state index contributed by atoms with van der Waals surface area (Å²) in [7, 11) is -1.14. The number of carbonyl (C=O) groups is 2. The first-order chi connectivity index (χ1) is 13.8. The van der Waals surface area contributed by atoms with Crippen LogP contribution in [0.3, 0.4) is 0 Å². The maximum atomic E-state index is 12.7. The Balaban J connectivity index is 2.05. The highest BCUT2D eigenvalue weighted by Crippen LogP contribution is 2.23. The number of carbonyl (C=O) groups excluding carboxylic acids is 2. The van der Waals surface area contributed by atoms with E-state index in [9.17, 15) is 18.0 Å². The van der Waals surface area contributed by atoms with Crippen LogP contribution in [0.25, 0.3) is 0 Å². The summed E-state index contributed by atoms with van der Waals surface area (Å²) in [5.74, 6) is -1.98. The van der Waals surface area contributed by atoms with E-state index in [2.05, 4.69) is 20.8 Å². The van der Waals surface area contributed by atoms with Gasteiger partial charge in [0.2, 0.25) is 16.9 Å². The third-order valence-corrected chi connectivity index (χ3v) is 6.67. The van der Waals surface area contributed by atoms with Gasteiger partial charge in [-0.25, -0.2) is 8.42 Å². The van der Waals surface area contributed by atoms with Crippen molar-refractivity contribution in [2.75, 3.05) is 30.6 Å². The van der Waals surface area contributed by atoms with E-state index in [-0.39, 0.29) is 18.2 Å². The molecule has 1 aromatic heterocycles. The first-order valence-electron chi connectivity index (χ1n) is 8.57. The molecule has 0 saturated carbocycles. The lowest BCUT2D eigenvalue weighted by molar-refractivity contribution is -0.115. The Kier molecular flexibility index (Phi) is 8.05. The standard InChI is InChI=1S/C17H22N4O6S2/c1-4-13(16(23)19-17-21-20-15(28-17)9-26-2)29(24,25)10-14(22)18-11-7-5-6-8-12(11)27-3/h5-8,13H,4,9-10H2,1-3H3,(H,18,22)(H,19,21,23). The number of nitrogens with zero attached hydrogens (tertiary/aromatic N) is 2. The predicted molar refractivity (Wildman–Crippen MR) is 109 cm³/mol. The molecule has 0 aliphatic heterocycles. The molecule has 2 N–H and O–H groups in total. The van der Waals surface area contributed by atoms with Gasteiger partial charge in [-0.1, -0.05) is 30.4 Å². The van der Waals surface area contributed by atoms with Gasteiger partial charge in [0.05, 0.1) is 12.8 Å². The van der Waals surface area contributed by atoms with Crippen LogP contribution < -0.4 is 15.4 Å². The second-order valence-electron chi connectivity index (χ2n) is 5.88. The second kappa shape index (κ2) is 10.3. The van der Waals surface area contributed by atoms with Crippen LogP contribution in [0.4, 0.5) is 10.8 Å². The summed E-state index contributed by atoms with van der Waals surface area (Å²) in [6, 6.07) is 6.61. The maximum absolute atomic E-state index is 12.7. The Morgan fingerprint density at radius 1 is 1.17 bits per heavy atom. The zero-order valence-electron chi connectivity index (χ0n) is 16.2. The number of amides is 2. The number of aromatic nitrogens is 2. The van der Waals surface area contributed by atoms with Gasteiger partial charge in [0.25, 0.3) is 0 Å². The Labute approximate surface area is 172 Å². The number of ether oxygens (including phenoxy) is 2. The van der Waals surface area contributed by atoms with Crippen molar-refractivity contribution in [1.29, 1.82) is 0 Å². The molecule has 158 valence electrons. The summed E-state index contributed by atoms with van der Waals surface area (Å²) < 4.78 is 35.3. The van der Waals surface area contributed by atoms with Gasteiger partial charge >= 0.3 is 0 Å². The molecule has 0 aliphatic carbocycles. The van der Waals surface area contributed by atoms with E-state index in [0.29, 0.717) is 16.4 Å². The maximum Gasteiger partial charge on any atom is 0.244 e. The molecule has 0 aliphatic rings. The fourth-order valence-corrected chi connectivity index (χ4v) is 4.74. The van der Waals surface area contributed by atoms with Crippen molar-refractivity contribution in [2.45, 2.75) is 25.2 Å². The average molecular weight is 443 g/mol. The molecule has 1 unspecified atom stereocenters. The van der Waals surface area contributed by atoms with Crippen LogP contribution in [0, 0.1) is 0 Å². The summed E-state index contributed by atoms with van der Waals surface area (Å²) in [6.07, 6.45) is -0.000162. The number of benzene rings is 1. The van der Waals surface area contributed by atoms with E-state index >= 15 is 0 Å². The number of rotatable bonds is 10.